The molecule has 1 unspecified atom stereocenters. The van der Waals surface area contributed by atoms with Crippen LogP contribution in [0.2, 0.25) is 0 Å². The summed E-state index contributed by atoms with van der Waals surface area (Å²) < 4.78 is 32.8. The number of hydrogen-bond donors (Lipinski definition) is 1. The third-order valence-electron chi connectivity index (χ3n) is 4.83. The Morgan fingerprint density at radius 2 is 2.03 bits per heavy atom. The third-order valence-corrected chi connectivity index (χ3v) is 7.94. The van der Waals surface area contributed by atoms with Crippen LogP contribution in [0.5, 0.6) is 5.75 Å². The Hall–Kier alpha value is -2.98. The molecular weight excluding hydrogens is 424 g/mol. The fourth-order valence-electron chi connectivity index (χ4n) is 3.48. The summed E-state index contributed by atoms with van der Waals surface area (Å²) in [7, 11) is -2.39. The first-order valence-electron chi connectivity index (χ1n) is 9.22. The number of methoxy groups -OCH3 is 1. The Morgan fingerprint density at radius 1 is 1.23 bits per heavy atom. The van der Waals surface area contributed by atoms with Crippen LogP contribution in [-0.4, -0.2) is 37.7 Å². The average molecular weight is 445 g/mol. The summed E-state index contributed by atoms with van der Waals surface area (Å²) in [6.07, 6.45) is 0.633. The second kappa shape index (κ2) is 7.69. The molecule has 1 atom stereocenters. The van der Waals surface area contributed by atoms with E-state index < -0.39 is 15.9 Å². The fourth-order valence-corrected chi connectivity index (χ4v) is 6.15. The number of amides is 1. The molecule has 2 heterocycles. The van der Waals surface area contributed by atoms with E-state index in [2.05, 4.69) is 15.5 Å². The van der Waals surface area contributed by atoms with Gasteiger partial charge in [0.25, 0.3) is 20.3 Å². The van der Waals surface area contributed by atoms with Crippen LogP contribution in [0.4, 0.5) is 10.8 Å². The van der Waals surface area contributed by atoms with Gasteiger partial charge in [-0.15, -0.1) is 10.2 Å². The van der Waals surface area contributed by atoms with Gasteiger partial charge >= 0.3 is 0 Å². The van der Waals surface area contributed by atoms with Crippen molar-refractivity contribution in [1.29, 1.82) is 0 Å². The van der Waals surface area contributed by atoms with Gasteiger partial charge in [-0.3, -0.25) is 14.4 Å². The molecule has 1 aromatic heterocycles. The average Bonchev–Trinajstić information content (AvgIpc) is 3.31. The molecule has 0 bridgehead atoms. The van der Waals surface area contributed by atoms with Crippen LogP contribution in [0.25, 0.3) is 0 Å². The van der Waals surface area contributed by atoms with Crippen LogP contribution < -0.4 is 14.4 Å². The fraction of sp³-hybridized carbons (Fsp3) is 0.250. The number of hydrogen-bond acceptors (Lipinski definition) is 7. The summed E-state index contributed by atoms with van der Waals surface area (Å²) in [6.45, 7) is 3.84. The molecule has 156 valence electrons. The molecule has 1 N–H and O–H groups in total. The van der Waals surface area contributed by atoms with Gasteiger partial charge in [0.05, 0.1) is 12.8 Å². The number of ether oxygens (including phenoxy) is 1. The summed E-state index contributed by atoms with van der Waals surface area (Å²) in [5.74, 6) is 0.115. The minimum atomic E-state index is -3.90. The molecule has 2 aromatic carbocycles. The van der Waals surface area contributed by atoms with E-state index in [1.165, 1.54) is 11.4 Å². The molecule has 0 saturated heterocycles. The molecule has 0 aliphatic carbocycles. The highest BCUT2D eigenvalue weighted by Crippen LogP contribution is 2.38. The quantitative estimate of drug-likeness (QED) is 0.606. The summed E-state index contributed by atoms with van der Waals surface area (Å²) in [4.78, 5) is 12.5. The highest BCUT2D eigenvalue weighted by Gasteiger charge is 2.38. The topological polar surface area (TPSA) is 101 Å². The van der Waals surface area contributed by atoms with Gasteiger partial charge in [0.2, 0.25) is 5.13 Å². The second-order valence-corrected chi connectivity index (χ2v) is 10.0. The van der Waals surface area contributed by atoms with Crippen LogP contribution >= 0.6 is 11.3 Å². The zero-order valence-corrected chi connectivity index (χ0v) is 18.3. The van der Waals surface area contributed by atoms with E-state index >= 15 is 0 Å². The lowest BCUT2D eigenvalue weighted by Gasteiger charge is -2.22. The van der Waals surface area contributed by atoms with Crippen molar-refractivity contribution in [2.24, 2.45) is 0 Å². The lowest BCUT2D eigenvalue weighted by Crippen LogP contribution is -2.35. The van der Waals surface area contributed by atoms with Gasteiger partial charge in [-0.2, -0.15) is 8.42 Å². The molecule has 30 heavy (non-hydrogen) atoms. The highest BCUT2D eigenvalue weighted by atomic mass is 32.2. The zero-order valence-electron chi connectivity index (χ0n) is 16.6. The van der Waals surface area contributed by atoms with Crippen molar-refractivity contribution in [3.8, 4) is 5.75 Å². The van der Waals surface area contributed by atoms with Gasteiger partial charge in [-0.25, -0.2) is 0 Å². The number of sulfonamides is 1. The number of nitrogens with zero attached hydrogens (tertiary/aromatic N) is 3. The summed E-state index contributed by atoms with van der Waals surface area (Å²) in [5, 5.41) is 10.4. The molecule has 1 amide bonds. The first-order valence-corrected chi connectivity index (χ1v) is 11.5. The molecule has 0 radical (unpaired) electrons. The molecule has 10 heteroatoms. The standard InChI is InChI=1S/C20H20N4O4S2/c1-12-7-8-17-15(9-12)10-13(2)24(17)30(26,27)20-23-22-19(29-20)21-18(25)14-5-4-6-16(11-14)28-3/h4-9,11,13H,10H2,1-3H3,(H,21,22,25). The van der Waals surface area contributed by atoms with Crippen LogP contribution in [0.1, 0.15) is 28.4 Å². The summed E-state index contributed by atoms with van der Waals surface area (Å²) in [5.41, 5.74) is 3.09. The lowest BCUT2D eigenvalue weighted by molar-refractivity contribution is 0.102. The van der Waals surface area contributed by atoms with Gasteiger partial charge in [-0.05, 0) is 50.1 Å². The molecule has 0 spiro atoms. The monoisotopic (exact) mass is 444 g/mol. The highest BCUT2D eigenvalue weighted by molar-refractivity contribution is 7.94. The predicted molar refractivity (Wildman–Crippen MR) is 115 cm³/mol. The normalized spacial score (nSPS) is 15.7. The van der Waals surface area contributed by atoms with E-state index in [4.69, 9.17) is 4.74 Å². The van der Waals surface area contributed by atoms with Crippen molar-refractivity contribution in [3.63, 3.8) is 0 Å². The van der Waals surface area contributed by atoms with Gasteiger partial charge in [0.1, 0.15) is 5.75 Å². The summed E-state index contributed by atoms with van der Waals surface area (Å²) in [6, 6.07) is 12.1. The van der Waals surface area contributed by atoms with Crippen LogP contribution in [0.3, 0.4) is 0 Å². The lowest BCUT2D eigenvalue weighted by atomic mass is 10.1. The van der Waals surface area contributed by atoms with Gasteiger partial charge in [0.15, 0.2) is 0 Å². The maximum absolute atomic E-state index is 13.2. The van der Waals surface area contributed by atoms with E-state index in [-0.39, 0.29) is 15.5 Å². The number of carbonyl (C=O) groups is 1. The summed E-state index contributed by atoms with van der Waals surface area (Å²) >= 11 is 0.824. The van der Waals surface area contributed by atoms with Crippen LogP contribution in [-0.2, 0) is 16.4 Å². The Kier molecular flexibility index (Phi) is 5.20. The number of benzene rings is 2. The van der Waals surface area contributed by atoms with Gasteiger partial charge < -0.3 is 4.74 Å². The van der Waals surface area contributed by atoms with E-state index in [1.54, 1.807) is 24.3 Å². The van der Waals surface area contributed by atoms with E-state index in [1.807, 2.05) is 32.0 Å². The Morgan fingerprint density at radius 3 is 2.80 bits per heavy atom. The molecule has 4 rings (SSSR count). The number of anilines is 2. The van der Waals surface area contributed by atoms with Crippen molar-refractivity contribution in [2.45, 2.75) is 30.6 Å². The van der Waals surface area contributed by atoms with Gasteiger partial charge in [0, 0.05) is 11.6 Å². The van der Waals surface area contributed by atoms with E-state index in [0.717, 1.165) is 22.5 Å². The minimum Gasteiger partial charge on any atom is -0.497 e. The van der Waals surface area contributed by atoms with Crippen molar-refractivity contribution >= 4 is 38.1 Å². The van der Waals surface area contributed by atoms with Gasteiger partial charge in [-0.1, -0.05) is 35.1 Å². The zero-order chi connectivity index (χ0) is 21.5. The van der Waals surface area contributed by atoms with Crippen molar-refractivity contribution in [2.75, 3.05) is 16.7 Å². The first kappa shape index (κ1) is 20.3. The minimum absolute atomic E-state index is 0.109. The molecule has 0 fully saturated rings. The van der Waals surface area contributed by atoms with Crippen LogP contribution in [0.15, 0.2) is 46.8 Å². The smallest absolute Gasteiger partial charge is 0.293 e. The Labute approximate surface area is 178 Å². The maximum Gasteiger partial charge on any atom is 0.293 e. The molecular formula is C20H20N4O4S2. The molecule has 8 nitrogen and oxygen atoms in total. The van der Waals surface area contributed by atoms with Crippen molar-refractivity contribution in [1.82, 2.24) is 10.2 Å². The Balaban J connectivity index is 1.58. The number of rotatable bonds is 5. The Bertz CT molecular complexity index is 1220. The maximum atomic E-state index is 13.2. The largest absolute Gasteiger partial charge is 0.497 e. The number of fused-ring (bicyclic) bond motifs is 1. The number of aryl methyl sites for hydroxylation is 1. The number of aromatic nitrogens is 2. The van der Waals surface area contributed by atoms with E-state index in [9.17, 15) is 13.2 Å². The molecule has 3 aromatic rings. The third kappa shape index (κ3) is 3.63. The predicted octanol–water partition coefficient (Wildman–Crippen LogP) is 3.25. The van der Waals surface area contributed by atoms with Crippen molar-refractivity contribution < 1.29 is 17.9 Å². The molecule has 1 aliphatic rings. The number of nitrogens with one attached hydrogen (secondary N) is 1. The van der Waals surface area contributed by atoms with Crippen molar-refractivity contribution in [3.05, 3.63) is 59.2 Å². The number of carbonyl (C=O) groups excluding carboxylic acids is 1. The second-order valence-electron chi connectivity index (χ2n) is 7.05. The first-order chi connectivity index (χ1) is 14.3. The van der Waals surface area contributed by atoms with Crippen LogP contribution in [0, 0.1) is 6.92 Å². The van der Waals surface area contributed by atoms with E-state index in [0.29, 0.717) is 23.4 Å². The SMILES string of the molecule is COc1cccc(C(=O)Nc2nnc(S(=O)(=O)N3c4ccc(C)cc4CC3C)s2)c1. The molecule has 1 aliphatic heterocycles. The molecule has 0 saturated carbocycles.